The summed E-state index contributed by atoms with van der Waals surface area (Å²) in [6, 6.07) is 0. The first-order valence-electron chi connectivity index (χ1n) is 7.06. The molecule has 1 aliphatic heterocycles. The normalized spacial score (nSPS) is 18.3. The van der Waals surface area contributed by atoms with Crippen LogP contribution in [-0.4, -0.2) is 36.9 Å². The van der Waals surface area contributed by atoms with E-state index in [0.29, 0.717) is 30.5 Å². The van der Waals surface area contributed by atoms with Gasteiger partial charge in [-0.15, -0.1) is 11.3 Å². The highest BCUT2D eigenvalue weighted by Gasteiger charge is 2.35. The molecule has 21 heavy (non-hydrogen) atoms. The number of carboxylic acid groups (broad SMARTS) is 1. The van der Waals surface area contributed by atoms with Crippen LogP contribution in [0, 0.1) is 18.8 Å². The van der Waals surface area contributed by atoms with Crippen LogP contribution in [0.5, 0.6) is 0 Å². The van der Waals surface area contributed by atoms with Gasteiger partial charge in [0.25, 0.3) is 0 Å². The highest BCUT2D eigenvalue weighted by molar-refractivity contribution is 7.89. The number of hydrogen-bond donors (Lipinski definition) is 1. The summed E-state index contributed by atoms with van der Waals surface area (Å²) < 4.78 is 26.9. The molecule has 1 aromatic rings. The lowest BCUT2D eigenvalue weighted by Gasteiger charge is -2.33. The Morgan fingerprint density at radius 1 is 1.38 bits per heavy atom. The lowest BCUT2D eigenvalue weighted by molar-refractivity contribution is 0.0698. The third-order valence-corrected chi connectivity index (χ3v) is 7.45. The average Bonchev–Trinajstić information content (AvgIpc) is 2.81. The van der Waals surface area contributed by atoms with Crippen LogP contribution in [0.25, 0.3) is 0 Å². The molecule has 118 valence electrons. The van der Waals surface area contributed by atoms with E-state index in [0.717, 1.165) is 24.2 Å². The van der Waals surface area contributed by atoms with E-state index >= 15 is 0 Å². The highest BCUT2D eigenvalue weighted by atomic mass is 32.2. The summed E-state index contributed by atoms with van der Waals surface area (Å²) in [6.07, 6.45) is 1.67. The summed E-state index contributed by atoms with van der Waals surface area (Å²) in [6.45, 7) is 6.90. The molecule has 0 aromatic carbocycles. The fraction of sp³-hybridized carbons (Fsp3) is 0.643. The fourth-order valence-electron chi connectivity index (χ4n) is 2.81. The van der Waals surface area contributed by atoms with E-state index in [1.54, 1.807) is 12.3 Å². The van der Waals surface area contributed by atoms with Crippen LogP contribution in [0.1, 0.15) is 41.9 Å². The van der Waals surface area contributed by atoms with Crippen molar-refractivity contribution in [2.75, 3.05) is 13.1 Å². The number of carbonyl (C=O) groups is 1. The van der Waals surface area contributed by atoms with E-state index in [1.807, 2.05) is 0 Å². The van der Waals surface area contributed by atoms with Crippen molar-refractivity contribution in [2.24, 2.45) is 11.8 Å². The van der Waals surface area contributed by atoms with Gasteiger partial charge < -0.3 is 5.11 Å². The van der Waals surface area contributed by atoms with Crippen molar-refractivity contribution in [1.82, 2.24) is 4.31 Å². The number of sulfonamides is 1. The van der Waals surface area contributed by atoms with Gasteiger partial charge in [-0.05, 0) is 42.5 Å². The van der Waals surface area contributed by atoms with Crippen LogP contribution >= 0.6 is 11.3 Å². The molecular weight excluding hydrogens is 310 g/mol. The predicted molar refractivity (Wildman–Crippen MR) is 82.3 cm³/mol. The maximum absolute atomic E-state index is 12.7. The van der Waals surface area contributed by atoms with Crippen LogP contribution in [0.15, 0.2) is 10.3 Å². The third-order valence-electron chi connectivity index (χ3n) is 4.15. The molecule has 0 unspecified atom stereocenters. The van der Waals surface area contributed by atoms with Crippen LogP contribution in [0.2, 0.25) is 0 Å². The summed E-state index contributed by atoms with van der Waals surface area (Å²) in [7, 11) is -3.71. The fourth-order valence-corrected chi connectivity index (χ4v) is 5.87. The predicted octanol–water partition coefficient (Wildman–Crippen LogP) is 2.81. The number of rotatable bonds is 4. The zero-order chi connectivity index (χ0) is 15.8. The smallest absolute Gasteiger partial charge is 0.347 e. The Morgan fingerprint density at radius 2 is 1.95 bits per heavy atom. The minimum atomic E-state index is -3.71. The van der Waals surface area contributed by atoms with Crippen molar-refractivity contribution >= 4 is 27.3 Å². The van der Waals surface area contributed by atoms with Crippen LogP contribution in [0.3, 0.4) is 0 Å². The topological polar surface area (TPSA) is 74.7 Å². The lowest BCUT2D eigenvalue weighted by Crippen LogP contribution is -2.40. The summed E-state index contributed by atoms with van der Waals surface area (Å²) in [5.41, 5.74) is 0.517. The number of hydrogen-bond acceptors (Lipinski definition) is 4. The molecule has 0 spiro atoms. The average molecular weight is 331 g/mol. The Morgan fingerprint density at radius 3 is 2.43 bits per heavy atom. The Labute approximate surface area is 129 Å². The van der Waals surface area contributed by atoms with Crippen LogP contribution in [-0.2, 0) is 10.0 Å². The van der Waals surface area contributed by atoms with E-state index in [1.165, 1.54) is 4.31 Å². The van der Waals surface area contributed by atoms with Gasteiger partial charge in [-0.1, -0.05) is 13.8 Å². The Balaban J connectivity index is 2.28. The van der Waals surface area contributed by atoms with Crippen molar-refractivity contribution in [2.45, 2.75) is 38.5 Å². The van der Waals surface area contributed by atoms with Crippen molar-refractivity contribution in [3.63, 3.8) is 0 Å². The number of carboxylic acids is 1. The molecule has 1 saturated heterocycles. The van der Waals surface area contributed by atoms with E-state index in [9.17, 15) is 18.3 Å². The molecule has 0 atom stereocenters. The van der Waals surface area contributed by atoms with Crippen LogP contribution in [0.4, 0.5) is 0 Å². The molecular formula is C14H21NO4S2. The first-order chi connectivity index (χ1) is 9.75. The first kappa shape index (κ1) is 16.5. The highest BCUT2D eigenvalue weighted by Crippen LogP contribution is 2.33. The Kier molecular flexibility index (Phi) is 4.75. The van der Waals surface area contributed by atoms with Gasteiger partial charge in [-0.25, -0.2) is 13.2 Å². The molecule has 1 aliphatic rings. The van der Waals surface area contributed by atoms with Gasteiger partial charge in [0, 0.05) is 13.1 Å². The third kappa shape index (κ3) is 3.14. The van der Waals surface area contributed by atoms with E-state index in [2.05, 4.69) is 13.8 Å². The van der Waals surface area contributed by atoms with E-state index in [4.69, 9.17) is 0 Å². The zero-order valence-electron chi connectivity index (χ0n) is 12.5. The first-order valence-corrected chi connectivity index (χ1v) is 9.38. The van der Waals surface area contributed by atoms with Gasteiger partial charge in [-0.3, -0.25) is 0 Å². The SMILES string of the molecule is Cc1csc(C(=O)O)c1S(=O)(=O)N1CCC(C(C)C)CC1. The second kappa shape index (κ2) is 6.06. The minimum Gasteiger partial charge on any atom is -0.477 e. The Hall–Kier alpha value is -0.920. The molecule has 2 heterocycles. The molecule has 0 aliphatic carbocycles. The van der Waals surface area contributed by atoms with Gasteiger partial charge in [0.2, 0.25) is 10.0 Å². The van der Waals surface area contributed by atoms with Crippen LogP contribution < -0.4 is 0 Å². The number of nitrogens with zero attached hydrogens (tertiary/aromatic N) is 1. The van der Waals surface area contributed by atoms with Gasteiger partial charge in [-0.2, -0.15) is 4.31 Å². The largest absolute Gasteiger partial charge is 0.477 e. The summed E-state index contributed by atoms with van der Waals surface area (Å²) in [4.78, 5) is 11.1. The molecule has 1 aromatic heterocycles. The van der Waals surface area contributed by atoms with E-state index in [-0.39, 0.29) is 9.77 Å². The van der Waals surface area contributed by atoms with Gasteiger partial charge in [0.05, 0.1) is 0 Å². The monoisotopic (exact) mass is 331 g/mol. The molecule has 2 rings (SSSR count). The van der Waals surface area contributed by atoms with Crippen molar-refractivity contribution in [3.8, 4) is 0 Å². The zero-order valence-corrected chi connectivity index (χ0v) is 14.1. The second-order valence-corrected chi connectivity index (χ2v) is 8.62. The lowest BCUT2D eigenvalue weighted by atomic mass is 9.87. The number of aromatic carboxylic acids is 1. The van der Waals surface area contributed by atoms with Crippen molar-refractivity contribution < 1.29 is 18.3 Å². The summed E-state index contributed by atoms with van der Waals surface area (Å²) in [5, 5.41) is 10.8. The summed E-state index contributed by atoms with van der Waals surface area (Å²) in [5.74, 6) is -0.0879. The Bertz CT molecular complexity index is 625. The maximum Gasteiger partial charge on any atom is 0.347 e. The number of piperidine rings is 1. The molecule has 0 bridgehead atoms. The summed E-state index contributed by atoms with van der Waals surface area (Å²) >= 11 is 0.975. The van der Waals surface area contributed by atoms with Gasteiger partial charge >= 0.3 is 5.97 Å². The molecule has 5 nitrogen and oxygen atoms in total. The second-order valence-electron chi connectivity index (χ2n) is 5.87. The minimum absolute atomic E-state index is 0.0250. The van der Waals surface area contributed by atoms with Gasteiger partial charge in [0.15, 0.2) is 0 Å². The number of thiophene rings is 1. The molecule has 1 N–H and O–H groups in total. The standard InChI is InChI=1S/C14H21NO4S2/c1-9(2)11-4-6-15(7-5-11)21(18,19)13-10(3)8-20-12(13)14(16)17/h8-9,11H,4-7H2,1-3H3,(H,16,17). The quantitative estimate of drug-likeness (QED) is 0.920. The molecule has 0 amide bonds. The molecule has 7 heteroatoms. The molecule has 0 saturated carbocycles. The molecule has 0 radical (unpaired) electrons. The van der Waals surface area contributed by atoms with Gasteiger partial charge in [0.1, 0.15) is 9.77 Å². The number of aryl methyl sites for hydroxylation is 1. The van der Waals surface area contributed by atoms with Crippen molar-refractivity contribution in [3.05, 3.63) is 15.8 Å². The molecule has 1 fully saturated rings. The van der Waals surface area contributed by atoms with E-state index < -0.39 is 16.0 Å². The van der Waals surface area contributed by atoms with Crippen molar-refractivity contribution in [1.29, 1.82) is 0 Å². The maximum atomic E-state index is 12.7.